The third-order valence-electron chi connectivity index (χ3n) is 12.1. The van der Waals surface area contributed by atoms with Crippen LogP contribution >= 0.6 is 0 Å². The molecule has 4 heterocycles. The highest BCUT2D eigenvalue weighted by Gasteiger charge is 2.66. The molecule has 0 radical (unpaired) electrons. The smallest absolute Gasteiger partial charge is 0.268 e. The summed E-state index contributed by atoms with van der Waals surface area (Å²) in [5, 5.41) is 23.7. The number of aromatic nitrogens is 3. The second-order valence-corrected chi connectivity index (χ2v) is 20.1. The summed E-state index contributed by atoms with van der Waals surface area (Å²) in [5.74, 6) is 0.163. The van der Waals surface area contributed by atoms with Crippen LogP contribution in [0.25, 0.3) is 0 Å². The predicted octanol–water partition coefficient (Wildman–Crippen LogP) is 5.33. The number of hydrogen-bond donors (Lipinski definition) is 2. The standard InChI is InChI=1S/C43H48N6O5Si/c1-29-41(55(3,4)34-18-16-33(53-2)17-19-34)39(21-23-47-27-37(45-46-47)35(28-50)30-11-7-5-8-12-30)54-43(29)36-25-32(48-24-22-44-26-40(48)51)15-20-38(36)49(42(43)52)31-13-9-6-10-14-31/h5-20,25,27,29,35,39,41,44,50H,21-24,26,28H2,1-4H3/t29-,35?,39+,41-,43+/m1/s1. The Morgan fingerprint density at radius 1 is 0.982 bits per heavy atom. The quantitative estimate of drug-likeness (QED) is 0.174. The van der Waals surface area contributed by atoms with Crippen LogP contribution in [0.1, 0.15) is 36.1 Å². The van der Waals surface area contributed by atoms with Crippen molar-refractivity contribution in [3.05, 3.63) is 126 Å². The lowest BCUT2D eigenvalue weighted by atomic mass is 9.82. The van der Waals surface area contributed by atoms with Gasteiger partial charge in [-0.2, -0.15) is 0 Å². The minimum absolute atomic E-state index is 0.00317. The number of methoxy groups -OCH3 is 1. The van der Waals surface area contributed by atoms with Crippen LogP contribution in [0.4, 0.5) is 17.1 Å². The molecule has 284 valence electrons. The van der Waals surface area contributed by atoms with Gasteiger partial charge in [-0.1, -0.05) is 91.1 Å². The number of rotatable bonds is 11. The summed E-state index contributed by atoms with van der Waals surface area (Å²) in [7, 11) is -0.741. The van der Waals surface area contributed by atoms with Crippen LogP contribution in [-0.4, -0.2) is 79.4 Å². The van der Waals surface area contributed by atoms with Crippen molar-refractivity contribution in [3.63, 3.8) is 0 Å². The predicted molar refractivity (Wildman–Crippen MR) is 215 cm³/mol. The minimum atomic E-state index is -2.41. The number of carbonyl (C=O) groups excluding carboxylic acids is 2. The SMILES string of the molecule is COc1ccc([Si](C)(C)[C@H]2[C@H](CCn3cc(C(CO)c4ccccc4)nn3)O[C@@]3(C(=O)N(c4ccccc4)c4ccc(N5CCNCC5=O)cc43)[C@@H]2C)cc1. The van der Waals surface area contributed by atoms with Crippen LogP contribution in [0.2, 0.25) is 18.6 Å². The highest BCUT2D eigenvalue weighted by atomic mass is 28.3. The molecule has 0 aliphatic carbocycles. The topological polar surface area (TPSA) is 122 Å². The molecule has 3 aliphatic heterocycles. The van der Waals surface area contributed by atoms with Crippen LogP contribution in [0.15, 0.2) is 109 Å². The maximum atomic E-state index is 15.4. The van der Waals surface area contributed by atoms with Crippen molar-refractivity contribution < 1.29 is 24.2 Å². The number of aryl methyl sites for hydroxylation is 1. The van der Waals surface area contributed by atoms with Gasteiger partial charge in [-0.3, -0.25) is 19.2 Å². The van der Waals surface area contributed by atoms with Gasteiger partial charge in [0.25, 0.3) is 5.91 Å². The number of benzene rings is 4. The number of para-hydroxylation sites is 1. The number of fused-ring (bicyclic) bond motifs is 2. The molecule has 5 aromatic rings. The van der Waals surface area contributed by atoms with E-state index in [1.807, 2.05) is 107 Å². The summed E-state index contributed by atoms with van der Waals surface area (Å²) in [6, 6.07) is 33.9. The molecule has 11 nitrogen and oxygen atoms in total. The molecule has 12 heteroatoms. The molecule has 4 aromatic carbocycles. The molecule has 3 aliphatic rings. The number of anilines is 3. The molecule has 8 rings (SSSR count). The number of amides is 2. The van der Waals surface area contributed by atoms with Crippen LogP contribution in [-0.2, 0) is 26.5 Å². The lowest BCUT2D eigenvalue weighted by Gasteiger charge is -2.37. The van der Waals surface area contributed by atoms with Crippen molar-refractivity contribution in [1.82, 2.24) is 20.3 Å². The molecule has 2 fully saturated rings. The Kier molecular flexibility index (Phi) is 9.93. The van der Waals surface area contributed by atoms with E-state index in [1.54, 1.807) is 12.0 Å². The zero-order chi connectivity index (χ0) is 38.3. The number of piperazine rings is 1. The van der Waals surface area contributed by atoms with Crippen LogP contribution in [0.5, 0.6) is 5.75 Å². The van der Waals surface area contributed by atoms with Crippen molar-refractivity contribution in [2.75, 3.05) is 43.2 Å². The van der Waals surface area contributed by atoms with E-state index < -0.39 is 13.7 Å². The molecule has 1 spiro atoms. The van der Waals surface area contributed by atoms with E-state index in [0.29, 0.717) is 31.7 Å². The molecule has 2 N–H and O–H groups in total. The van der Waals surface area contributed by atoms with E-state index in [-0.39, 0.29) is 48.4 Å². The second kappa shape index (κ2) is 14.8. The molecule has 2 amide bonds. The number of aliphatic hydroxyl groups is 1. The zero-order valence-electron chi connectivity index (χ0n) is 31.8. The van der Waals surface area contributed by atoms with Crippen LogP contribution in [0, 0.1) is 5.92 Å². The van der Waals surface area contributed by atoms with Gasteiger partial charge in [-0.25, -0.2) is 0 Å². The third kappa shape index (κ3) is 6.36. The van der Waals surface area contributed by atoms with E-state index >= 15 is 4.79 Å². The minimum Gasteiger partial charge on any atom is -0.497 e. The second-order valence-electron chi connectivity index (χ2n) is 15.4. The van der Waals surface area contributed by atoms with E-state index in [9.17, 15) is 9.90 Å². The molecule has 1 aromatic heterocycles. The van der Waals surface area contributed by atoms with Gasteiger partial charge in [0.1, 0.15) is 5.75 Å². The monoisotopic (exact) mass is 756 g/mol. The summed E-state index contributed by atoms with van der Waals surface area (Å²) in [4.78, 5) is 32.1. The van der Waals surface area contributed by atoms with Crippen molar-refractivity contribution >= 4 is 42.1 Å². The maximum absolute atomic E-state index is 15.4. The normalized spacial score (nSPS) is 23.0. The molecule has 0 bridgehead atoms. The Morgan fingerprint density at radius 3 is 2.40 bits per heavy atom. The molecule has 5 atom stereocenters. The first-order chi connectivity index (χ1) is 26.7. The van der Waals surface area contributed by atoms with Crippen LogP contribution < -0.4 is 25.0 Å². The van der Waals surface area contributed by atoms with Gasteiger partial charge in [-0.05, 0) is 60.0 Å². The fraction of sp³-hybridized carbons (Fsp3) is 0.349. The Hall–Kier alpha value is -5.14. The maximum Gasteiger partial charge on any atom is 0.268 e. The van der Waals surface area contributed by atoms with Crippen molar-refractivity contribution in [2.24, 2.45) is 5.92 Å². The summed E-state index contributed by atoms with van der Waals surface area (Å²) < 4.78 is 14.8. The molecular weight excluding hydrogens is 709 g/mol. The van der Waals surface area contributed by atoms with Gasteiger partial charge < -0.3 is 24.8 Å². The summed E-state index contributed by atoms with van der Waals surface area (Å²) in [6.45, 7) is 8.85. The lowest BCUT2D eigenvalue weighted by molar-refractivity contribution is -0.145. The Bertz CT molecular complexity index is 2160. The number of ether oxygens (including phenoxy) is 2. The fourth-order valence-corrected chi connectivity index (χ4v) is 13.3. The number of nitrogens with zero attached hydrogens (tertiary/aromatic N) is 5. The van der Waals surface area contributed by atoms with Crippen molar-refractivity contribution in [3.8, 4) is 5.75 Å². The van der Waals surface area contributed by atoms with E-state index in [1.165, 1.54) is 5.19 Å². The Labute approximate surface area is 322 Å². The Balaban J connectivity index is 1.21. The molecular formula is C43H48N6O5Si. The summed E-state index contributed by atoms with van der Waals surface area (Å²) in [5.41, 5.74) is 3.48. The van der Waals surface area contributed by atoms with E-state index in [2.05, 4.69) is 47.8 Å². The number of aliphatic hydroxyl groups excluding tert-OH is 1. The third-order valence-corrected chi connectivity index (χ3v) is 16.4. The van der Waals surface area contributed by atoms with E-state index in [4.69, 9.17) is 9.47 Å². The molecule has 1 unspecified atom stereocenters. The van der Waals surface area contributed by atoms with Gasteiger partial charge in [0.2, 0.25) is 5.91 Å². The first-order valence-electron chi connectivity index (χ1n) is 19.1. The number of nitrogens with one attached hydrogen (secondary N) is 1. The first-order valence-corrected chi connectivity index (χ1v) is 22.2. The zero-order valence-corrected chi connectivity index (χ0v) is 32.8. The highest BCUT2D eigenvalue weighted by molar-refractivity contribution is 6.91. The average Bonchev–Trinajstić information content (AvgIpc) is 3.87. The summed E-state index contributed by atoms with van der Waals surface area (Å²) in [6.07, 6.45) is 2.18. The van der Waals surface area contributed by atoms with Gasteiger partial charge >= 0.3 is 0 Å². The molecule has 0 saturated carbocycles. The number of hydrogen-bond acceptors (Lipinski definition) is 8. The molecule has 55 heavy (non-hydrogen) atoms. The van der Waals surface area contributed by atoms with Crippen LogP contribution in [0.3, 0.4) is 0 Å². The lowest BCUT2D eigenvalue weighted by Crippen LogP contribution is -2.51. The molecule has 2 saturated heterocycles. The highest BCUT2D eigenvalue weighted by Crippen LogP contribution is 2.61. The van der Waals surface area contributed by atoms with Gasteiger partial charge in [0.05, 0.1) is 51.7 Å². The Morgan fingerprint density at radius 2 is 1.71 bits per heavy atom. The summed E-state index contributed by atoms with van der Waals surface area (Å²) >= 11 is 0. The van der Waals surface area contributed by atoms with Gasteiger partial charge in [-0.15, -0.1) is 5.10 Å². The van der Waals surface area contributed by atoms with E-state index in [0.717, 1.165) is 33.9 Å². The van der Waals surface area contributed by atoms with Crippen molar-refractivity contribution in [1.29, 1.82) is 0 Å². The first kappa shape index (κ1) is 36.8. The average molecular weight is 757 g/mol. The largest absolute Gasteiger partial charge is 0.497 e. The van der Waals surface area contributed by atoms with Gasteiger partial charge in [0.15, 0.2) is 5.60 Å². The number of carbonyl (C=O) groups is 2. The van der Waals surface area contributed by atoms with Crippen molar-refractivity contribution in [2.45, 2.75) is 56.1 Å². The fourth-order valence-electron chi connectivity index (χ4n) is 9.27. The van der Waals surface area contributed by atoms with Gasteiger partial charge in [0, 0.05) is 48.7 Å².